The Morgan fingerprint density at radius 1 is 1.20 bits per heavy atom. The topological polar surface area (TPSA) is 86.7 Å². The number of ether oxygens (including phenoxy) is 2. The second-order valence-corrected chi connectivity index (χ2v) is 2.75. The average Bonchev–Trinajstić information content (AvgIpc) is 2.12. The molecule has 0 bridgehead atoms. The van der Waals surface area contributed by atoms with E-state index in [0.29, 0.717) is 6.29 Å². The van der Waals surface area contributed by atoms with Crippen LogP contribution in [0.4, 0.5) is 0 Å². The Labute approximate surface area is 86.5 Å². The van der Waals surface area contributed by atoms with E-state index in [-0.39, 0.29) is 6.42 Å². The summed E-state index contributed by atoms with van der Waals surface area (Å²) in [6.07, 6.45) is -0.946. The van der Waals surface area contributed by atoms with Crippen LogP contribution >= 0.6 is 0 Å². The van der Waals surface area contributed by atoms with E-state index in [1.165, 1.54) is 0 Å². The summed E-state index contributed by atoms with van der Waals surface area (Å²) in [5.74, 6) is -1.90. The number of Topliss-reactive ketones (excluding diaryl/α,β-unsaturated/α-hetero) is 1. The molecule has 0 rings (SSSR count). The van der Waals surface area contributed by atoms with Crippen molar-refractivity contribution in [3.63, 3.8) is 0 Å². The fraction of sp³-hybridized carbons (Fsp3) is 0.556. The molecule has 0 aromatic heterocycles. The number of rotatable bonds is 6. The van der Waals surface area contributed by atoms with E-state index in [4.69, 9.17) is 0 Å². The lowest BCUT2D eigenvalue weighted by atomic mass is 10.2. The van der Waals surface area contributed by atoms with Gasteiger partial charge < -0.3 is 14.3 Å². The molecule has 0 aliphatic carbocycles. The van der Waals surface area contributed by atoms with Crippen LogP contribution in [0.3, 0.4) is 0 Å². The molecular formula is C9H12O6. The Morgan fingerprint density at radius 3 is 2.20 bits per heavy atom. The molecule has 6 nitrogen and oxygen atoms in total. The number of ketones is 1. The average molecular weight is 216 g/mol. The summed E-state index contributed by atoms with van der Waals surface area (Å²) in [5, 5.41) is 0. The zero-order chi connectivity index (χ0) is 11.8. The highest BCUT2D eigenvalue weighted by molar-refractivity contribution is 5.89. The largest absolute Gasteiger partial charge is 0.458 e. The maximum atomic E-state index is 11.3. The molecule has 0 heterocycles. The van der Waals surface area contributed by atoms with E-state index in [2.05, 4.69) is 9.47 Å². The van der Waals surface area contributed by atoms with Gasteiger partial charge >= 0.3 is 11.9 Å². The molecule has 0 spiro atoms. The number of carbonyl (C=O) groups excluding carboxylic acids is 4. The quantitative estimate of drug-likeness (QED) is 0.445. The fourth-order valence-electron chi connectivity index (χ4n) is 0.799. The van der Waals surface area contributed by atoms with Gasteiger partial charge in [0.05, 0.1) is 0 Å². The highest BCUT2D eigenvalue weighted by atomic mass is 16.6. The molecule has 0 aromatic rings. The third-order valence-corrected chi connectivity index (χ3v) is 1.40. The molecule has 1 atom stereocenters. The minimum atomic E-state index is -1.17. The first kappa shape index (κ1) is 13.3. The minimum absolute atomic E-state index is 0.236. The molecule has 6 heteroatoms. The standard InChI is InChI=1S/C9H12O6/c1-6(11)14-5-8(13)9(3-4-10)15-7(2)12/h4,9H,3,5H2,1-2H3. The van der Waals surface area contributed by atoms with Gasteiger partial charge in [0.1, 0.15) is 6.29 Å². The maximum absolute atomic E-state index is 11.3. The van der Waals surface area contributed by atoms with E-state index in [9.17, 15) is 19.2 Å². The van der Waals surface area contributed by atoms with Gasteiger partial charge in [-0.15, -0.1) is 0 Å². The van der Waals surface area contributed by atoms with Gasteiger partial charge in [-0.25, -0.2) is 0 Å². The summed E-state index contributed by atoms with van der Waals surface area (Å²) in [7, 11) is 0. The molecular weight excluding hydrogens is 204 g/mol. The SMILES string of the molecule is CC(=O)OCC(=O)C(CC=O)OC(C)=O. The Morgan fingerprint density at radius 2 is 1.80 bits per heavy atom. The van der Waals surface area contributed by atoms with Crippen LogP contribution < -0.4 is 0 Å². The number of carbonyl (C=O) groups is 4. The third-order valence-electron chi connectivity index (χ3n) is 1.40. The monoisotopic (exact) mass is 216 g/mol. The van der Waals surface area contributed by atoms with Crippen molar-refractivity contribution in [3.05, 3.63) is 0 Å². The Balaban J connectivity index is 4.21. The van der Waals surface area contributed by atoms with Gasteiger partial charge in [0.25, 0.3) is 0 Å². The summed E-state index contributed by atoms with van der Waals surface area (Å²) in [6, 6.07) is 0. The van der Waals surface area contributed by atoms with E-state index in [1.54, 1.807) is 0 Å². The van der Waals surface area contributed by atoms with Crippen molar-refractivity contribution < 1.29 is 28.7 Å². The van der Waals surface area contributed by atoms with Crippen molar-refractivity contribution in [2.24, 2.45) is 0 Å². The maximum Gasteiger partial charge on any atom is 0.303 e. The van der Waals surface area contributed by atoms with Gasteiger partial charge in [-0.1, -0.05) is 0 Å². The molecule has 0 aromatic carbocycles. The lowest BCUT2D eigenvalue weighted by Gasteiger charge is -2.12. The zero-order valence-electron chi connectivity index (χ0n) is 8.52. The molecule has 1 unspecified atom stereocenters. The summed E-state index contributed by atoms with van der Waals surface area (Å²) in [6.45, 7) is 1.77. The molecule has 0 fully saturated rings. The molecule has 0 saturated heterocycles. The Bertz CT molecular complexity index is 270. The normalized spacial score (nSPS) is 11.3. The van der Waals surface area contributed by atoms with Gasteiger partial charge in [-0.2, -0.15) is 0 Å². The highest BCUT2D eigenvalue weighted by Gasteiger charge is 2.21. The summed E-state index contributed by atoms with van der Waals surface area (Å²) in [4.78, 5) is 42.4. The van der Waals surface area contributed by atoms with Crippen molar-refractivity contribution in [3.8, 4) is 0 Å². The second kappa shape index (κ2) is 6.69. The number of aldehydes is 1. The van der Waals surface area contributed by atoms with Crippen LogP contribution in [0.2, 0.25) is 0 Å². The van der Waals surface area contributed by atoms with Gasteiger partial charge in [0.15, 0.2) is 12.7 Å². The number of hydrogen-bond donors (Lipinski definition) is 0. The van der Waals surface area contributed by atoms with Crippen LogP contribution in [0, 0.1) is 0 Å². The van der Waals surface area contributed by atoms with Gasteiger partial charge in [-0.3, -0.25) is 14.4 Å². The highest BCUT2D eigenvalue weighted by Crippen LogP contribution is 2.00. The van der Waals surface area contributed by atoms with Crippen LogP contribution in [0.1, 0.15) is 20.3 Å². The van der Waals surface area contributed by atoms with Crippen LogP contribution in [0.5, 0.6) is 0 Å². The summed E-state index contributed by atoms with van der Waals surface area (Å²) < 4.78 is 8.99. The van der Waals surface area contributed by atoms with Gasteiger partial charge in [-0.05, 0) is 0 Å². The molecule has 84 valence electrons. The van der Waals surface area contributed by atoms with E-state index in [0.717, 1.165) is 13.8 Å². The fourth-order valence-corrected chi connectivity index (χ4v) is 0.799. The Kier molecular flexibility index (Phi) is 5.92. The smallest absolute Gasteiger partial charge is 0.303 e. The number of hydrogen-bond acceptors (Lipinski definition) is 6. The van der Waals surface area contributed by atoms with E-state index in [1.807, 2.05) is 0 Å². The summed E-state index contributed by atoms with van der Waals surface area (Å²) in [5.41, 5.74) is 0. The van der Waals surface area contributed by atoms with E-state index >= 15 is 0 Å². The lowest BCUT2D eigenvalue weighted by Crippen LogP contribution is -2.30. The lowest BCUT2D eigenvalue weighted by molar-refractivity contribution is -0.157. The zero-order valence-corrected chi connectivity index (χ0v) is 8.52. The first-order valence-electron chi connectivity index (χ1n) is 4.24. The van der Waals surface area contributed by atoms with Gasteiger partial charge in [0, 0.05) is 20.3 Å². The van der Waals surface area contributed by atoms with Crippen molar-refractivity contribution in [1.29, 1.82) is 0 Å². The van der Waals surface area contributed by atoms with Crippen molar-refractivity contribution >= 4 is 24.0 Å². The predicted molar refractivity (Wildman–Crippen MR) is 47.9 cm³/mol. The van der Waals surface area contributed by atoms with E-state index < -0.39 is 30.4 Å². The second-order valence-electron chi connectivity index (χ2n) is 2.75. The van der Waals surface area contributed by atoms with Crippen LogP contribution in [0.15, 0.2) is 0 Å². The molecule has 0 N–H and O–H groups in total. The van der Waals surface area contributed by atoms with Crippen molar-refractivity contribution in [1.82, 2.24) is 0 Å². The Hall–Kier alpha value is -1.72. The van der Waals surface area contributed by atoms with Crippen molar-refractivity contribution in [2.45, 2.75) is 26.4 Å². The van der Waals surface area contributed by atoms with Gasteiger partial charge in [0.2, 0.25) is 5.78 Å². The predicted octanol–water partition coefficient (Wildman–Crippen LogP) is -0.361. The summed E-state index contributed by atoms with van der Waals surface area (Å²) >= 11 is 0. The molecule has 0 amide bonds. The number of esters is 2. The first-order chi connectivity index (χ1) is 6.97. The van der Waals surface area contributed by atoms with Crippen LogP contribution in [-0.4, -0.2) is 36.7 Å². The molecule has 0 aliphatic rings. The minimum Gasteiger partial charge on any atom is -0.458 e. The molecule has 15 heavy (non-hydrogen) atoms. The molecule has 0 radical (unpaired) electrons. The first-order valence-corrected chi connectivity index (χ1v) is 4.24. The molecule has 0 aliphatic heterocycles. The van der Waals surface area contributed by atoms with Crippen LogP contribution in [0.25, 0.3) is 0 Å². The van der Waals surface area contributed by atoms with Crippen molar-refractivity contribution in [2.75, 3.05) is 6.61 Å². The van der Waals surface area contributed by atoms with Crippen LogP contribution in [-0.2, 0) is 28.7 Å². The molecule has 0 saturated carbocycles. The third kappa shape index (κ3) is 6.36.